The van der Waals surface area contributed by atoms with E-state index >= 15 is 0 Å². The van der Waals surface area contributed by atoms with E-state index in [1.807, 2.05) is 0 Å². The van der Waals surface area contributed by atoms with E-state index < -0.39 is 0 Å². The van der Waals surface area contributed by atoms with Crippen LogP contribution in [0.3, 0.4) is 0 Å². The van der Waals surface area contributed by atoms with Gasteiger partial charge in [0.15, 0.2) is 0 Å². The number of nitrogens with two attached hydrogens (primary N) is 1. The number of rotatable bonds is 1. The van der Waals surface area contributed by atoms with Gasteiger partial charge in [0.25, 0.3) is 0 Å². The van der Waals surface area contributed by atoms with E-state index in [-0.39, 0.29) is 11.4 Å². The van der Waals surface area contributed by atoms with Crippen molar-refractivity contribution in [3.8, 4) is 0 Å². The van der Waals surface area contributed by atoms with Crippen LogP contribution in [0, 0.1) is 5.41 Å². The quantitative estimate of drug-likeness (QED) is 0.766. The maximum Gasteiger partial charge on any atom is 0.341 e. The molecular formula is C12H17NO2S. The third-order valence-corrected chi connectivity index (χ3v) is 4.31. The first-order chi connectivity index (χ1) is 7.44. The van der Waals surface area contributed by atoms with Crippen molar-refractivity contribution < 1.29 is 9.53 Å². The smallest absolute Gasteiger partial charge is 0.341 e. The summed E-state index contributed by atoms with van der Waals surface area (Å²) in [5.74, 6) is -0.298. The molecule has 0 atom stereocenters. The van der Waals surface area contributed by atoms with Gasteiger partial charge in [-0.1, -0.05) is 13.8 Å². The summed E-state index contributed by atoms with van der Waals surface area (Å²) in [7, 11) is 1.40. The lowest BCUT2D eigenvalue weighted by molar-refractivity contribution is 0.0600. The highest BCUT2D eigenvalue weighted by Gasteiger charge is 2.32. The number of aryl methyl sites for hydroxylation is 1. The lowest BCUT2D eigenvalue weighted by Gasteiger charge is -2.29. The Morgan fingerprint density at radius 2 is 2.19 bits per heavy atom. The van der Waals surface area contributed by atoms with Crippen LogP contribution < -0.4 is 5.73 Å². The van der Waals surface area contributed by atoms with Crippen LogP contribution in [0.5, 0.6) is 0 Å². The molecule has 1 aromatic heterocycles. The van der Waals surface area contributed by atoms with Gasteiger partial charge in [-0.15, -0.1) is 11.3 Å². The van der Waals surface area contributed by atoms with Crippen LogP contribution in [0.2, 0.25) is 0 Å². The third-order valence-electron chi connectivity index (χ3n) is 3.19. The van der Waals surface area contributed by atoms with Crippen molar-refractivity contribution in [2.45, 2.75) is 33.1 Å². The lowest BCUT2D eigenvalue weighted by Crippen LogP contribution is -2.22. The van der Waals surface area contributed by atoms with Crippen molar-refractivity contribution in [3.05, 3.63) is 16.0 Å². The number of esters is 1. The minimum atomic E-state index is -0.298. The van der Waals surface area contributed by atoms with Crippen molar-refractivity contribution in [1.82, 2.24) is 0 Å². The predicted molar refractivity (Wildman–Crippen MR) is 65.9 cm³/mol. The molecule has 0 spiro atoms. The molecule has 0 bridgehead atoms. The maximum absolute atomic E-state index is 11.7. The molecule has 0 saturated carbocycles. The first-order valence-electron chi connectivity index (χ1n) is 5.43. The fraction of sp³-hybridized carbons (Fsp3) is 0.583. The number of methoxy groups -OCH3 is 1. The largest absolute Gasteiger partial charge is 0.465 e. The Kier molecular flexibility index (Phi) is 2.70. The molecule has 0 amide bonds. The van der Waals surface area contributed by atoms with E-state index in [1.165, 1.54) is 23.3 Å². The van der Waals surface area contributed by atoms with Gasteiger partial charge in [0.1, 0.15) is 5.00 Å². The number of thiophene rings is 1. The average Bonchev–Trinajstić information content (AvgIpc) is 2.51. The fourth-order valence-corrected chi connectivity index (χ4v) is 3.34. The molecule has 0 radical (unpaired) electrons. The van der Waals surface area contributed by atoms with Crippen molar-refractivity contribution in [1.29, 1.82) is 0 Å². The van der Waals surface area contributed by atoms with E-state index in [4.69, 9.17) is 10.5 Å². The third kappa shape index (κ3) is 1.82. The van der Waals surface area contributed by atoms with E-state index in [0.717, 1.165) is 24.8 Å². The van der Waals surface area contributed by atoms with Gasteiger partial charge in [-0.3, -0.25) is 0 Å². The number of carbonyl (C=O) groups excluding carboxylic acids is 1. The van der Waals surface area contributed by atoms with Crippen molar-refractivity contribution in [2.75, 3.05) is 12.8 Å². The molecule has 16 heavy (non-hydrogen) atoms. The highest BCUT2D eigenvalue weighted by Crippen LogP contribution is 2.42. The molecule has 3 nitrogen and oxygen atoms in total. The highest BCUT2D eigenvalue weighted by molar-refractivity contribution is 7.16. The number of fused-ring (bicyclic) bond motifs is 1. The van der Waals surface area contributed by atoms with Gasteiger partial charge in [-0.25, -0.2) is 4.79 Å². The van der Waals surface area contributed by atoms with Crippen LogP contribution in [0.15, 0.2) is 0 Å². The molecule has 1 heterocycles. The van der Waals surface area contributed by atoms with E-state index in [9.17, 15) is 4.79 Å². The molecule has 88 valence electrons. The second kappa shape index (κ2) is 3.77. The Balaban J connectivity index is 2.48. The molecule has 0 aromatic carbocycles. The Hall–Kier alpha value is -1.03. The molecule has 4 heteroatoms. The monoisotopic (exact) mass is 239 g/mol. The summed E-state index contributed by atoms with van der Waals surface area (Å²) in [5, 5.41) is 0.606. The number of nitrogen functional groups attached to an aromatic ring is 1. The number of hydrogen-bond donors (Lipinski definition) is 1. The fourth-order valence-electron chi connectivity index (χ4n) is 2.27. The molecular weight excluding hydrogens is 222 g/mol. The molecule has 0 aliphatic heterocycles. The van der Waals surface area contributed by atoms with Gasteiger partial charge in [0, 0.05) is 4.88 Å². The topological polar surface area (TPSA) is 52.3 Å². The summed E-state index contributed by atoms with van der Waals surface area (Å²) in [6.07, 6.45) is 3.09. The number of ether oxygens (including phenoxy) is 1. The van der Waals surface area contributed by atoms with Gasteiger partial charge >= 0.3 is 5.97 Å². The van der Waals surface area contributed by atoms with Gasteiger partial charge < -0.3 is 10.5 Å². The zero-order valence-corrected chi connectivity index (χ0v) is 10.7. The van der Waals surface area contributed by atoms with Crippen LogP contribution in [0.25, 0.3) is 0 Å². The van der Waals surface area contributed by atoms with Crippen molar-refractivity contribution in [3.63, 3.8) is 0 Å². The minimum absolute atomic E-state index is 0.253. The van der Waals surface area contributed by atoms with Gasteiger partial charge in [-0.2, -0.15) is 0 Å². The summed E-state index contributed by atoms with van der Waals surface area (Å²) >= 11 is 1.54. The highest BCUT2D eigenvalue weighted by atomic mass is 32.1. The molecule has 2 rings (SSSR count). The van der Waals surface area contributed by atoms with Gasteiger partial charge in [0.05, 0.1) is 12.7 Å². The van der Waals surface area contributed by atoms with Gasteiger partial charge in [0.2, 0.25) is 0 Å². The molecule has 0 saturated heterocycles. The van der Waals surface area contributed by atoms with E-state index in [1.54, 1.807) is 0 Å². The lowest BCUT2D eigenvalue weighted by atomic mass is 9.76. The standard InChI is InChI=1S/C12H17NO2S/c1-12(2)5-4-8-7(6-12)9(10(13)16-8)11(14)15-3/h4-6,13H2,1-3H3. The van der Waals surface area contributed by atoms with Gasteiger partial charge in [-0.05, 0) is 30.2 Å². The number of hydrogen-bond acceptors (Lipinski definition) is 4. The van der Waals surface area contributed by atoms with E-state index in [2.05, 4.69) is 13.8 Å². The molecule has 0 fully saturated rings. The Morgan fingerprint density at radius 1 is 1.50 bits per heavy atom. The number of carbonyl (C=O) groups is 1. The summed E-state index contributed by atoms with van der Waals surface area (Å²) < 4.78 is 4.80. The SMILES string of the molecule is COC(=O)c1c(N)sc2c1CC(C)(C)CC2. The first-order valence-corrected chi connectivity index (χ1v) is 6.24. The number of anilines is 1. The van der Waals surface area contributed by atoms with Crippen LogP contribution in [-0.4, -0.2) is 13.1 Å². The second-order valence-electron chi connectivity index (χ2n) is 5.08. The predicted octanol–water partition coefficient (Wildman–Crippen LogP) is 2.63. The zero-order valence-electron chi connectivity index (χ0n) is 9.92. The summed E-state index contributed by atoms with van der Waals surface area (Å²) in [6.45, 7) is 4.45. The normalized spacial score (nSPS) is 17.9. The minimum Gasteiger partial charge on any atom is -0.465 e. The molecule has 1 aliphatic rings. The maximum atomic E-state index is 11.7. The summed E-state index contributed by atoms with van der Waals surface area (Å²) in [5.41, 5.74) is 7.88. The van der Waals surface area contributed by atoms with Crippen LogP contribution in [-0.2, 0) is 17.6 Å². The van der Waals surface area contributed by atoms with Crippen LogP contribution in [0.1, 0.15) is 41.1 Å². The molecule has 2 N–H and O–H groups in total. The Labute approximate surface area is 99.6 Å². The van der Waals surface area contributed by atoms with E-state index in [0.29, 0.717) is 10.6 Å². The zero-order chi connectivity index (χ0) is 11.9. The molecule has 1 aliphatic carbocycles. The molecule has 0 unspecified atom stereocenters. The first kappa shape index (κ1) is 11.5. The second-order valence-corrected chi connectivity index (χ2v) is 6.21. The molecule has 1 aromatic rings. The average molecular weight is 239 g/mol. The van der Waals surface area contributed by atoms with Crippen molar-refractivity contribution in [2.24, 2.45) is 5.41 Å². The van der Waals surface area contributed by atoms with Crippen LogP contribution >= 0.6 is 11.3 Å². The Bertz CT molecular complexity index is 434. The Morgan fingerprint density at radius 3 is 2.81 bits per heavy atom. The summed E-state index contributed by atoms with van der Waals surface area (Å²) in [4.78, 5) is 12.9. The van der Waals surface area contributed by atoms with Crippen LogP contribution in [0.4, 0.5) is 5.00 Å². The summed E-state index contributed by atoms with van der Waals surface area (Å²) in [6, 6.07) is 0. The van der Waals surface area contributed by atoms with Crippen molar-refractivity contribution >= 4 is 22.3 Å².